The minimum absolute atomic E-state index is 0.0810. The van der Waals surface area contributed by atoms with Gasteiger partial charge in [-0.1, -0.05) is 0 Å². The standard InChI is InChI=1S/C5H4NO2S/c7-9(8)5-3-1-2-4-6-5/h1-2,4,6H. The molecule has 1 rings (SSSR count). The molecule has 0 atom stereocenters. The van der Waals surface area contributed by atoms with Crippen LogP contribution in [0.2, 0.25) is 0 Å². The predicted octanol–water partition coefficient (Wildman–Crippen LogP) is 0.226. The lowest BCUT2D eigenvalue weighted by molar-refractivity contribution is 0.624. The summed E-state index contributed by atoms with van der Waals surface area (Å²) in [6.45, 7) is 0. The van der Waals surface area contributed by atoms with Crippen LogP contribution < -0.4 is 0 Å². The van der Waals surface area contributed by atoms with Crippen molar-refractivity contribution in [1.29, 1.82) is 0 Å². The molecule has 4 heteroatoms. The zero-order chi connectivity index (χ0) is 6.69. The third kappa shape index (κ3) is 1.43. The van der Waals surface area contributed by atoms with Gasteiger partial charge in [-0.15, -0.1) is 0 Å². The maximum atomic E-state index is 10.1. The van der Waals surface area contributed by atoms with Gasteiger partial charge in [-0.2, -0.15) is 8.42 Å². The van der Waals surface area contributed by atoms with Crippen LogP contribution >= 0.6 is 0 Å². The Morgan fingerprint density at radius 2 is 2.33 bits per heavy atom. The van der Waals surface area contributed by atoms with Crippen LogP contribution in [0.15, 0.2) is 18.3 Å². The first-order chi connectivity index (χ1) is 4.30. The zero-order valence-electron chi connectivity index (χ0n) is 4.46. The summed E-state index contributed by atoms with van der Waals surface area (Å²) in [5.74, 6) is 0. The zero-order valence-corrected chi connectivity index (χ0v) is 5.27. The fourth-order valence-corrected chi connectivity index (χ4v) is 0.762. The van der Waals surface area contributed by atoms with Gasteiger partial charge >= 0.3 is 0 Å². The van der Waals surface area contributed by atoms with Gasteiger partial charge in [0.25, 0.3) is 0 Å². The molecule has 0 saturated carbocycles. The van der Waals surface area contributed by atoms with Gasteiger partial charge in [0.15, 0.2) is 4.64 Å². The molecule has 0 spiro atoms. The minimum atomic E-state index is -2.19. The largest absolute Gasteiger partial charge is 0.349 e. The summed E-state index contributed by atoms with van der Waals surface area (Å²) in [5.41, 5.74) is 0. The molecule has 0 saturated heterocycles. The van der Waals surface area contributed by atoms with Gasteiger partial charge in [-0.3, -0.25) is 0 Å². The Bertz CT molecular complexity index is 324. The van der Waals surface area contributed by atoms with Gasteiger partial charge in [0.1, 0.15) is 0 Å². The molecule has 1 aromatic rings. The Hall–Kier alpha value is -1.03. The van der Waals surface area contributed by atoms with E-state index in [1.54, 1.807) is 6.07 Å². The Kier molecular flexibility index (Phi) is 1.69. The molecular weight excluding hydrogens is 138 g/mol. The van der Waals surface area contributed by atoms with Crippen molar-refractivity contribution in [3.05, 3.63) is 29.0 Å². The molecule has 0 aliphatic carbocycles. The van der Waals surface area contributed by atoms with Crippen LogP contribution in [0.3, 0.4) is 0 Å². The average molecular weight is 142 g/mol. The van der Waals surface area contributed by atoms with Gasteiger partial charge in [-0.05, 0) is 12.1 Å². The van der Waals surface area contributed by atoms with E-state index in [-0.39, 0.29) is 4.64 Å². The maximum absolute atomic E-state index is 10.1. The summed E-state index contributed by atoms with van der Waals surface area (Å²) in [7, 11) is -2.19. The van der Waals surface area contributed by atoms with Crippen LogP contribution in [0, 0.1) is 10.7 Å². The topological polar surface area (TPSA) is 49.9 Å². The van der Waals surface area contributed by atoms with E-state index in [1.165, 1.54) is 12.3 Å². The second kappa shape index (κ2) is 2.50. The monoisotopic (exact) mass is 142 g/mol. The summed E-state index contributed by atoms with van der Waals surface area (Å²) < 4.78 is 20.4. The van der Waals surface area contributed by atoms with E-state index < -0.39 is 10.3 Å². The quantitative estimate of drug-likeness (QED) is 0.527. The van der Waals surface area contributed by atoms with Crippen molar-refractivity contribution >= 4 is 10.3 Å². The summed E-state index contributed by atoms with van der Waals surface area (Å²) >= 11 is 0. The smallest absolute Gasteiger partial charge is 0.238 e. The van der Waals surface area contributed by atoms with E-state index in [0.29, 0.717) is 0 Å². The van der Waals surface area contributed by atoms with Crippen molar-refractivity contribution in [3.8, 4) is 0 Å². The molecule has 1 aromatic heterocycles. The highest BCUT2D eigenvalue weighted by Crippen LogP contribution is 1.78. The maximum Gasteiger partial charge on any atom is 0.238 e. The first-order valence-electron chi connectivity index (χ1n) is 2.28. The molecule has 0 aliphatic rings. The number of H-pyrrole nitrogens is 1. The fourth-order valence-electron chi connectivity index (χ4n) is 0.434. The second-order valence-corrected chi connectivity index (χ2v) is 2.26. The number of hydrogen-bond donors (Lipinski definition) is 1. The lowest BCUT2D eigenvalue weighted by atomic mass is 10.5. The first kappa shape index (κ1) is 6.10. The van der Waals surface area contributed by atoms with Crippen LogP contribution in [-0.4, -0.2) is 13.4 Å². The summed E-state index contributed by atoms with van der Waals surface area (Å²) in [6, 6.07) is 5.69. The molecule has 47 valence electrons. The van der Waals surface area contributed by atoms with E-state index in [1.807, 2.05) is 0 Å². The molecule has 1 heterocycles. The normalized spacial score (nSPS) is 8.89. The lowest BCUT2D eigenvalue weighted by Crippen LogP contribution is -1.73. The third-order valence-electron chi connectivity index (χ3n) is 0.788. The highest BCUT2D eigenvalue weighted by atomic mass is 32.2. The Morgan fingerprint density at radius 3 is 2.67 bits per heavy atom. The van der Waals surface area contributed by atoms with Crippen LogP contribution in [0.1, 0.15) is 0 Å². The van der Waals surface area contributed by atoms with Crippen LogP contribution in [0.5, 0.6) is 0 Å². The van der Waals surface area contributed by atoms with Gasteiger partial charge in [0, 0.05) is 12.3 Å². The summed E-state index contributed by atoms with van der Waals surface area (Å²) in [6.07, 6.45) is 1.53. The molecule has 9 heavy (non-hydrogen) atoms. The van der Waals surface area contributed by atoms with E-state index in [2.05, 4.69) is 11.1 Å². The fraction of sp³-hybridized carbons (Fsp3) is 0. The minimum Gasteiger partial charge on any atom is -0.349 e. The molecule has 3 nitrogen and oxygen atoms in total. The summed E-state index contributed by atoms with van der Waals surface area (Å²) in [5, 5.41) is 0. The Labute approximate surface area is 53.5 Å². The van der Waals surface area contributed by atoms with Crippen molar-refractivity contribution in [2.45, 2.75) is 0 Å². The van der Waals surface area contributed by atoms with Crippen molar-refractivity contribution < 1.29 is 8.42 Å². The van der Waals surface area contributed by atoms with Crippen LogP contribution in [-0.2, 0) is 10.3 Å². The molecule has 1 radical (unpaired) electrons. The number of nitrogens with one attached hydrogen (secondary N) is 1. The Morgan fingerprint density at radius 1 is 1.56 bits per heavy atom. The first-order valence-corrected chi connectivity index (χ1v) is 3.36. The summed E-state index contributed by atoms with van der Waals surface area (Å²) in [4.78, 5) is 2.50. The van der Waals surface area contributed by atoms with Gasteiger partial charge in [0.2, 0.25) is 10.3 Å². The van der Waals surface area contributed by atoms with E-state index in [0.717, 1.165) is 0 Å². The molecule has 0 bridgehead atoms. The predicted molar refractivity (Wildman–Crippen MR) is 31.8 cm³/mol. The van der Waals surface area contributed by atoms with Crippen LogP contribution in [0.4, 0.5) is 0 Å². The van der Waals surface area contributed by atoms with Crippen molar-refractivity contribution in [1.82, 2.24) is 4.98 Å². The molecule has 0 fully saturated rings. The average Bonchev–Trinajstić information content (AvgIpc) is 1.90. The highest BCUT2D eigenvalue weighted by molar-refractivity contribution is 7.63. The van der Waals surface area contributed by atoms with Gasteiger partial charge < -0.3 is 4.98 Å². The molecule has 0 aliphatic heterocycles. The number of pyridine rings is 1. The number of hydrogen-bond acceptors (Lipinski definition) is 2. The van der Waals surface area contributed by atoms with Crippen LogP contribution in [0.25, 0.3) is 0 Å². The van der Waals surface area contributed by atoms with Gasteiger partial charge in [0.05, 0.1) is 0 Å². The highest BCUT2D eigenvalue weighted by Gasteiger charge is 1.75. The number of aromatic amines is 1. The molecular formula is C5H4NO2S. The lowest BCUT2D eigenvalue weighted by Gasteiger charge is -1.75. The SMILES string of the molecule is O=S(=O)=c1[c]ccc[nH]1. The Balaban J connectivity index is 3.67. The van der Waals surface area contributed by atoms with Crippen molar-refractivity contribution in [2.24, 2.45) is 0 Å². The molecule has 0 unspecified atom stereocenters. The molecule has 0 amide bonds. The van der Waals surface area contributed by atoms with E-state index in [9.17, 15) is 8.42 Å². The van der Waals surface area contributed by atoms with Crippen molar-refractivity contribution in [3.63, 3.8) is 0 Å². The number of rotatable bonds is 0. The number of aromatic nitrogens is 1. The third-order valence-corrected chi connectivity index (χ3v) is 1.36. The second-order valence-electron chi connectivity index (χ2n) is 1.38. The van der Waals surface area contributed by atoms with E-state index in [4.69, 9.17) is 0 Å². The van der Waals surface area contributed by atoms with Crippen molar-refractivity contribution in [2.75, 3.05) is 0 Å². The molecule has 1 N–H and O–H groups in total. The molecule has 0 aromatic carbocycles. The van der Waals surface area contributed by atoms with Gasteiger partial charge in [-0.25, -0.2) is 0 Å². The van der Waals surface area contributed by atoms with E-state index >= 15 is 0 Å².